The third-order valence-corrected chi connectivity index (χ3v) is 4.95. The molecule has 1 amide bonds. The largest absolute Gasteiger partial charge is 0.467 e. The van der Waals surface area contributed by atoms with E-state index in [0.717, 1.165) is 17.7 Å². The Morgan fingerprint density at radius 2 is 1.94 bits per heavy atom. The van der Waals surface area contributed by atoms with Crippen LogP contribution < -0.4 is 9.64 Å². The molecule has 1 aliphatic rings. The number of fused-ring (bicyclic) bond motifs is 1. The first kappa shape index (κ1) is 21.1. The van der Waals surface area contributed by atoms with E-state index in [2.05, 4.69) is 29.7 Å². The average Bonchev–Trinajstić information content (AvgIpc) is 3.19. The monoisotopic (exact) mass is 455 g/mol. The van der Waals surface area contributed by atoms with E-state index in [0.29, 0.717) is 32.0 Å². The number of carbonyl (C=O) groups excluding carboxylic acids is 1. The molecule has 0 aliphatic carbocycles. The van der Waals surface area contributed by atoms with Crippen molar-refractivity contribution in [1.82, 2.24) is 29.5 Å². The molecule has 4 rings (SSSR count). The van der Waals surface area contributed by atoms with Crippen LogP contribution in [0, 0.1) is 6.92 Å². The molecule has 1 saturated heterocycles. The van der Waals surface area contributed by atoms with Gasteiger partial charge in [-0.15, -0.1) is 0 Å². The van der Waals surface area contributed by atoms with Gasteiger partial charge in [0.25, 0.3) is 11.7 Å². The molecule has 0 spiro atoms. The van der Waals surface area contributed by atoms with Crippen LogP contribution in [0.4, 0.5) is 19.0 Å². The number of nitrogens with zero attached hydrogens (tertiary/aromatic N) is 7. The van der Waals surface area contributed by atoms with Gasteiger partial charge in [0.15, 0.2) is 6.61 Å². The molecule has 164 valence electrons. The van der Waals surface area contributed by atoms with Crippen molar-refractivity contribution in [3.05, 3.63) is 40.9 Å². The first-order chi connectivity index (χ1) is 14.7. The average molecular weight is 456 g/mol. The molecule has 31 heavy (non-hydrogen) atoms. The van der Waals surface area contributed by atoms with Crippen molar-refractivity contribution in [2.24, 2.45) is 0 Å². The summed E-state index contributed by atoms with van der Waals surface area (Å²) in [5.41, 5.74) is 0.985. The van der Waals surface area contributed by atoms with Gasteiger partial charge in [-0.25, -0.2) is 9.97 Å². The number of aromatic nitrogens is 5. The Labute approximate surface area is 179 Å². The minimum Gasteiger partial charge on any atom is -0.467 e. The summed E-state index contributed by atoms with van der Waals surface area (Å²) >= 11 is 5.95. The zero-order valence-corrected chi connectivity index (χ0v) is 17.1. The summed E-state index contributed by atoms with van der Waals surface area (Å²) < 4.78 is 43.1. The molecule has 1 fully saturated rings. The molecule has 0 saturated carbocycles. The van der Waals surface area contributed by atoms with Gasteiger partial charge in [-0.3, -0.25) is 4.79 Å². The van der Waals surface area contributed by atoms with Crippen LogP contribution >= 0.6 is 11.6 Å². The maximum atomic E-state index is 12.8. The zero-order valence-electron chi connectivity index (χ0n) is 16.3. The van der Waals surface area contributed by atoms with Gasteiger partial charge >= 0.3 is 6.18 Å². The second kappa shape index (κ2) is 8.17. The lowest BCUT2D eigenvalue weighted by Crippen LogP contribution is -2.49. The van der Waals surface area contributed by atoms with E-state index >= 15 is 0 Å². The fraction of sp³-hybridized carbons (Fsp3) is 0.389. The maximum Gasteiger partial charge on any atom is 0.422 e. The van der Waals surface area contributed by atoms with Crippen molar-refractivity contribution in [1.29, 1.82) is 0 Å². The topological polar surface area (TPSA) is 88.8 Å². The molecular weight excluding hydrogens is 439 g/mol. The normalized spacial score (nSPS) is 14.9. The number of alkyl halides is 3. The number of carbonyl (C=O) groups is 1. The molecule has 0 radical (unpaired) electrons. The van der Waals surface area contributed by atoms with Gasteiger partial charge in [-0.1, -0.05) is 11.6 Å². The molecule has 0 atom stereocenters. The van der Waals surface area contributed by atoms with Gasteiger partial charge in [0.2, 0.25) is 5.88 Å². The van der Waals surface area contributed by atoms with E-state index in [-0.39, 0.29) is 22.4 Å². The fourth-order valence-electron chi connectivity index (χ4n) is 3.26. The number of ether oxygens (including phenoxy) is 1. The first-order valence-corrected chi connectivity index (χ1v) is 9.66. The zero-order chi connectivity index (χ0) is 22.2. The Hall–Kier alpha value is -3.15. The van der Waals surface area contributed by atoms with Crippen LogP contribution in [0.15, 0.2) is 24.7 Å². The van der Waals surface area contributed by atoms with E-state index in [4.69, 9.17) is 11.6 Å². The van der Waals surface area contributed by atoms with Crippen LogP contribution in [-0.4, -0.2) is 74.3 Å². The Balaban J connectivity index is 1.42. The quantitative estimate of drug-likeness (QED) is 0.596. The highest BCUT2D eigenvalue weighted by Gasteiger charge is 2.29. The van der Waals surface area contributed by atoms with Crippen LogP contribution in [-0.2, 0) is 0 Å². The highest BCUT2D eigenvalue weighted by molar-refractivity contribution is 6.32. The molecule has 0 N–H and O–H groups in total. The van der Waals surface area contributed by atoms with Gasteiger partial charge in [-0.2, -0.15) is 27.8 Å². The summed E-state index contributed by atoms with van der Waals surface area (Å²) in [5.74, 6) is 0.656. The van der Waals surface area contributed by atoms with Crippen molar-refractivity contribution >= 4 is 29.1 Å². The standard InChI is InChI=1S/C18H17ClF3N7O2/c1-11-6-14(29-17(26-11)24-10-25-29)27-2-4-28(5-3-27)16(30)12-7-13(19)15(23-8-12)31-9-18(20,21)22/h6-8,10H,2-5,9H2,1H3. The predicted octanol–water partition coefficient (Wildman–Crippen LogP) is 2.38. The second-order valence-electron chi connectivity index (χ2n) is 6.92. The number of amides is 1. The van der Waals surface area contributed by atoms with Gasteiger partial charge < -0.3 is 14.5 Å². The minimum absolute atomic E-state index is 0.158. The highest BCUT2D eigenvalue weighted by Crippen LogP contribution is 2.26. The summed E-state index contributed by atoms with van der Waals surface area (Å²) in [6.45, 7) is 2.33. The molecule has 0 unspecified atom stereocenters. The van der Waals surface area contributed by atoms with Crippen LogP contribution in [0.2, 0.25) is 5.02 Å². The van der Waals surface area contributed by atoms with Crippen LogP contribution in [0.25, 0.3) is 5.78 Å². The van der Waals surface area contributed by atoms with Crippen LogP contribution in [0.1, 0.15) is 16.1 Å². The number of halogens is 4. The van der Waals surface area contributed by atoms with Crippen molar-refractivity contribution < 1.29 is 22.7 Å². The molecular formula is C18H17ClF3N7O2. The number of pyridine rings is 1. The SMILES string of the molecule is Cc1cc(N2CCN(C(=O)c3cnc(OCC(F)(F)F)c(Cl)c3)CC2)n2ncnc2n1. The number of anilines is 1. The molecule has 3 aromatic heterocycles. The van der Waals surface area contributed by atoms with E-state index in [9.17, 15) is 18.0 Å². The van der Waals surface area contributed by atoms with Gasteiger partial charge in [-0.05, 0) is 13.0 Å². The van der Waals surface area contributed by atoms with Crippen molar-refractivity contribution in [3.63, 3.8) is 0 Å². The van der Waals surface area contributed by atoms with Crippen LogP contribution in [0.3, 0.4) is 0 Å². The van der Waals surface area contributed by atoms with Crippen LogP contribution in [0.5, 0.6) is 5.88 Å². The fourth-order valence-corrected chi connectivity index (χ4v) is 3.48. The Kier molecular flexibility index (Phi) is 5.56. The molecule has 9 nitrogen and oxygen atoms in total. The van der Waals surface area contributed by atoms with E-state index in [1.165, 1.54) is 12.4 Å². The lowest BCUT2D eigenvalue weighted by molar-refractivity contribution is -0.154. The molecule has 4 heterocycles. The molecule has 3 aromatic rings. The summed E-state index contributed by atoms with van der Waals surface area (Å²) in [5, 5.41) is 4.04. The summed E-state index contributed by atoms with van der Waals surface area (Å²) in [7, 11) is 0. The van der Waals surface area contributed by atoms with E-state index in [1.807, 2.05) is 13.0 Å². The highest BCUT2D eigenvalue weighted by atomic mass is 35.5. The number of piperazine rings is 1. The number of rotatable bonds is 4. The number of hydrogen-bond donors (Lipinski definition) is 0. The minimum atomic E-state index is -4.51. The first-order valence-electron chi connectivity index (χ1n) is 9.28. The van der Waals surface area contributed by atoms with Gasteiger partial charge in [0, 0.05) is 44.1 Å². The Morgan fingerprint density at radius 3 is 2.61 bits per heavy atom. The maximum absolute atomic E-state index is 12.8. The molecule has 0 aromatic carbocycles. The Morgan fingerprint density at radius 1 is 1.19 bits per heavy atom. The molecule has 1 aliphatic heterocycles. The van der Waals surface area contributed by atoms with Crippen molar-refractivity contribution in [3.8, 4) is 5.88 Å². The lowest BCUT2D eigenvalue weighted by atomic mass is 10.2. The summed E-state index contributed by atoms with van der Waals surface area (Å²) in [6, 6.07) is 3.17. The third kappa shape index (κ3) is 4.63. The van der Waals surface area contributed by atoms with E-state index < -0.39 is 12.8 Å². The molecule has 13 heteroatoms. The lowest BCUT2D eigenvalue weighted by Gasteiger charge is -2.36. The summed E-state index contributed by atoms with van der Waals surface area (Å²) in [4.78, 5) is 28.7. The third-order valence-electron chi connectivity index (χ3n) is 4.68. The Bertz CT molecular complexity index is 1110. The van der Waals surface area contributed by atoms with Gasteiger partial charge in [0.05, 0.1) is 5.56 Å². The number of aryl methyl sites for hydroxylation is 1. The predicted molar refractivity (Wildman–Crippen MR) is 104 cm³/mol. The second-order valence-corrected chi connectivity index (χ2v) is 7.33. The summed E-state index contributed by atoms with van der Waals surface area (Å²) in [6.07, 6.45) is -1.91. The number of hydrogen-bond acceptors (Lipinski definition) is 7. The van der Waals surface area contributed by atoms with Gasteiger partial charge in [0.1, 0.15) is 17.2 Å². The smallest absolute Gasteiger partial charge is 0.422 e. The van der Waals surface area contributed by atoms with Crippen molar-refractivity contribution in [2.75, 3.05) is 37.7 Å². The van der Waals surface area contributed by atoms with Crippen molar-refractivity contribution in [2.45, 2.75) is 13.1 Å². The van der Waals surface area contributed by atoms with E-state index in [1.54, 1.807) is 9.42 Å². The molecule has 0 bridgehead atoms.